The molecule has 1 rings (SSSR count). The van der Waals surface area contributed by atoms with Crippen molar-refractivity contribution in [2.24, 2.45) is 5.92 Å². The number of ether oxygens (including phenoxy) is 1. The lowest BCUT2D eigenvalue weighted by atomic mass is 9.84. The minimum Gasteiger partial charge on any atom is -0.385 e. The summed E-state index contributed by atoms with van der Waals surface area (Å²) in [5.41, 5.74) is 0. The highest BCUT2D eigenvalue weighted by Gasteiger charge is 2.25. The third-order valence-electron chi connectivity index (χ3n) is 3.28. The second kappa shape index (κ2) is 8.19. The van der Waals surface area contributed by atoms with Crippen LogP contribution >= 0.6 is 8.00 Å². The van der Waals surface area contributed by atoms with E-state index in [4.69, 9.17) is 14.2 Å². The van der Waals surface area contributed by atoms with Crippen LogP contribution in [0.4, 0.5) is 0 Å². The first kappa shape index (κ1) is 14.1. The van der Waals surface area contributed by atoms with E-state index in [0.717, 1.165) is 25.4 Å². The van der Waals surface area contributed by atoms with Gasteiger partial charge >= 0.3 is 8.00 Å². The Morgan fingerprint density at radius 1 is 1.25 bits per heavy atom. The van der Waals surface area contributed by atoms with E-state index in [2.05, 4.69) is 6.30 Å². The van der Waals surface area contributed by atoms with Crippen LogP contribution in [-0.4, -0.2) is 31.0 Å². The minimum atomic E-state index is -1.42. The predicted octanol–water partition coefficient (Wildman–Crippen LogP) is 3.11. The van der Waals surface area contributed by atoms with Crippen molar-refractivity contribution in [2.45, 2.75) is 51.0 Å². The quantitative estimate of drug-likeness (QED) is 0.555. The Hall–Kier alpha value is 0.0500. The number of hydrogen-bond acceptors (Lipinski definition) is 3. The molecule has 4 heteroatoms. The smallest absolute Gasteiger partial charge is 0.385 e. The summed E-state index contributed by atoms with van der Waals surface area (Å²) >= 11 is 0. The summed E-state index contributed by atoms with van der Waals surface area (Å²) in [5.74, 6) is 0.853. The van der Waals surface area contributed by atoms with Crippen LogP contribution in [0.1, 0.15) is 44.9 Å². The molecule has 0 amide bonds. The first-order chi connectivity index (χ1) is 7.72. The first-order valence-corrected chi connectivity index (χ1v) is 7.57. The predicted molar refractivity (Wildman–Crippen MR) is 68.8 cm³/mol. The lowest BCUT2D eigenvalue weighted by Crippen LogP contribution is -2.19. The van der Waals surface area contributed by atoms with Crippen LogP contribution in [0.15, 0.2) is 0 Å². The average molecular weight is 247 g/mol. The van der Waals surface area contributed by atoms with Gasteiger partial charge < -0.3 is 4.74 Å². The molecule has 94 valence electrons. The molecule has 0 spiro atoms. The van der Waals surface area contributed by atoms with Gasteiger partial charge in [-0.2, -0.15) is 4.89 Å². The Bertz CT molecular complexity index is 200. The Morgan fingerprint density at radius 2 is 1.94 bits per heavy atom. The zero-order valence-corrected chi connectivity index (χ0v) is 11.1. The second-order valence-corrected chi connectivity index (χ2v) is 5.50. The van der Waals surface area contributed by atoms with Crippen molar-refractivity contribution in [1.82, 2.24) is 0 Å². The van der Waals surface area contributed by atoms with E-state index in [1.54, 1.807) is 7.11 Å². The Morgan fingerprint density at radius 3 is 2.50 bits per heavy atom. The maximum Gasteiger partial charge on any atom is 0.420 e. The molecule has 16 heavy (non-hydrogen) atoms. The van der Waals surface area contributed by atoms with E-state index in [1.165, 1.54) is 32.1 Å². The fourth-order valence-corrected chi connectivity index (χ4v) is 2.93. The molecule has 0 aliphatic heterocycles. The zero-order valence-electron chi connectivity index (χ0n) is 10.2. The van der Waals surface area contributed by atoms with E-state index in [0.29, 0.717) is 0 Å². The molecule has 1 N–H and O–H groups in total. The van der Waals surface area contributed by atoms with Crippen LogP contribution < -0.4 is 0 Å². The maximum atomic E-state index is 9.09. The van der Waals surface area contributed by atoms with E-state index >= 15 is 0 Å². The molecule has 0 aromatic heterocycles. The summed E-state index contributed by atoms with van der Waals surface area (Å²) in [7, 11) is 0.338. The van der Waals surface area contributed by atoms with Gasteiger partial charge in [0.05, 0.1) is 0 Å². The lowest BCUT2D eigenvalue weighted by molar-refractivity contribution is 0.132. The molecule has 1 aliphatic carbocycles. The molecule has 1 atom stereocenters. The molecule has 3 nitrogen and oxygen atoms in total. The molecule has 0 aromatic rings. The molecular weight excluding hydrogens is 223 g/mol. The topological polar surface area (TPSA) is 38.7 Å². The van der Waals surface area contributed by atoms with Crippen LogP contribution in [0.2, 0.25) is 0 Å². The SMILES string of the molecule is C=[P+](O)OC1CCC(CCCCOC)CC1. The summed E-state index contributed by atoms with van der Waals surface area (Å²) in [5, 5.41) is 0. The van der Waals surface area contributed by atoms with Gasteiger partial charge in [-0.15, -0.1) is 4.52 Å². The van der Waals surface area contributed by atoms with Crippen molar-refractivity contribution in [3.63, 3.8) is 0 Å². The molecule has 0 saturated heterocycles. The Kier molecular flexibility index (Phi) is 7.22. The summed E-state index contributed by atoms with van der Waals surface area (Å²) in [6, 6.07) is 0. The van der Waals surface area contributed by atoms with Crippen molar-refractivity contribution in [3.8, 4) is 0 Å². The summed E-state index contributed by atoms with van der Waals surface area (Å²) in [6.07, 6.45) is 12.2. The average Bonchev–Trinajstić information content (AvgIpc) is 2.26. The molecule has 0 radical (unpaired) electrons. The lowest BCUT2D eigenvalue weighted by Gasteiger charge is -2.25. The number of hydrogen-bond donors (Lipinski definition) is 1. The molecule has 0 bridgehead atoms. The minimum absolute atomic E-state index is 0.254. The first-order valence-electron chi connectivity index (χ1n) is 6.17. The van der Waals surface area contributed by atoms with Gasteiger partial charge in [-0.1, -0.05) is 12.8 Å². The van der Waals surface area contributed by atoms with Gasteiger partial charge in [0.1, 0.15) is 12.4 Å². The molecule has 1 unspecified atom stereocenters. The normalized spacial score (nSPS) is 26.8. The second-order valence-electron chi connectivity index (χ2n) is 4.59. The Labute approximate surface area is 99.7 Å². The summed E-state index contributed by atoms with van der Waals surface area (Å²) in [4.78, 5) is 9.09. The van der Waals surface area contributed by atoms with Crippen LogP contribution in [0.3, 0.4) is 0 Å². The van der Waals surface area contributed by atoms with Crippen molar-refractivity contribution in [1.29, 1.82) is 0 Å². The largest absolute Gasteiger partial charge is 0.420 e. The van der Waals surface area contributed by atoms with E-state index < -0.39 is 8.00 Å². The Balaban J connectivity index is 2.05. The van der Waals surface area contributed by atoms with Crippen LogP contribution in [0, 0.1) is 5.92 Å². The van der Waals surface area contributed by atoms with Gasteiger partial charge in [-0.05, 0) is 38.0 Å². The maximum absolute atomic E-state index is 9.09. The van der Waals surface area contributed by atoms with Crippen LogP contribution in [-0.2, 0) is 9.26 Å². The van der Waals surface area contributed by atoms with Gasteiger partial charge in [-0.3, -0.25) is 0 Å². The van der Waals surface area contributed by atoms with Gasteiger partial charge in [0, 0.05) is 13.7 Å². The van der Waals surface area contributed by atoms with Crippen molar-refractivity contribution in [3.05, 3.63) is 0 Å². The van der Waals surface area contributed by atoms with Gasteiger partial charge in [0.2, 0.25) is 0 Å². The summed E-state index contributed by atoms with van der Waals surface area (Å²) < 4.78 is 10.4. The highest BCUT2D eigenvalue weighted by atomic mass is 31.1. The molecule has 1 saturated carbocycles. The van der Waals surface area contributed by atoms with Crippen LogP contribution in [0.5, 0.6) is 0 Å². The van der Waals surface area contributed by atoms with Crippen molar-refractivity contribution in [2.75, 3.05) is 13.7 Å². The fourth-order valence-electron chi connectivity index (χ4n) is 2.38. The fraction of sp³-hybridized carbons (Fsp3) is 0.917. The van der Waals surface area contributed by atoms with Crippen molar-refractivity contribution < 1.29 is 14.2 Å². The van der Waals surface area contributed by atoms with Crippen molar-refractivity contribution >= 4 is 14.3 Å². The number of rotatable bonds is 7. The highest BCUT2D eigenvalue weighted by molar-refractivity contribution is 7.44. The molecule has 1 fully saturated rings. The van der Waals surface area contributed by atoms with Gasteiger partial charge in [0.25, 0.3) is 0 Å². The third kappa shape index (κ3) is 5.95. The summed E-state index contributed by atoms with van der Waals surface area (Å²) in [6.45, 7) is 0.884. The number of methoxy groups -OCH3 is 1. The molecule has 0 heterocycles. The standard InChI is InChI=1S/C12H24O3P/c1-14-10-4-3-5-11-6-8-12(9-7-11)15-16(2)13/h11-13H,2-10H2,1H3/q+1. The van der Waals surface area contributed by atoms with E-state index in [1.807, 2.05) is 0 Å². The number of unbranched alkanes of at least 4 members (excludes halogenated alkanes) is 1. The van der Waals surface area contributed by atoms with Gasteiger partial charge in [-0.25, -0.2) is 0 Å². The third-order valence-corrected chi connectivity index (χ3v) is 3.82. The molecule has 0 aromatic carbocycles. The molecule has 1 aliphatic rings. The highest BCUT2D eigenvalue weighted by Crippen LogP contribution is 2.33. The van der Waals surface area contributed by atoms with Crippen LogP contribution in [0.25, 0.3) is 0 Å². The zero-order chi connectivity index (χ0) is 11.8. The van der Waals surface area contributed by atoms with E-state index in [9.17, 15) is 0 Å². The van der Waals surface area contributed by atoms with Gasteiger partial charge in [0.15, 0.2) is 0 Å². The van der Waals surface area contributed by atoms with E-state index in [-0.39, 0.29) is 6.10 Å². The molecular formula is C12H24O3P+. The monoisotopic (exact) mass is 247 g/mol.